The number of ketones is 1. The van der Waals surface area contributed by atoms with Crippen LogP contribution < -0.4 is 0 Å². The topological polar surface area (TPSA) is 59.5 Å². The molecule has 1 amide bonds. The predicted molar refractivity (Wildman–Crippen MR) is 112 cm³/mol. The Hall–Kier alpha value is -2.97. The molecule has 0 aliphatic carbocycles. The summed E-state index contributed by atoms with van der Waals surface area (Å²) in [5, 5.41) is 0. The van der Waals surface area contributed by atoms with Crippen LogP contribution >= 0.6 is 0 Å². The number of alkyl halides is 3. The minimum Gasteiger partial charge on any atom is -0.444 e. The molecule has 5 nitrogen and oxygen atoms in total. The van der Waals surface area contributed by atoms with E-state index in [1.54, 1.807) is 34.6 Å². The molecule has 0 fully saturated rings. The second-order valence-corrected chi connectivity index (χ2v) is 9.02. The van der Waals surface area contributed by atoms with Crippen LogP contribution in [0.3, 0.4) is 0 Å². The molecule has 0 spiro atoms. The number of rotatable bonds is 4. The zero-order chi connectivity index (χ0) is 24.6. The molecule has 2 rings (SSSR count). The van der Waals surface area contributed by atoms with E-state index in [1.165, 1.54) is 43.1 Å². The van der Waals surface area contributed by atoms with Crippen LogP contribution in [0.15, 0.2) is 30.3 Å². The zero-order valence-corrected chi connectivity index (χ0v) is 19.0. The summed E-state index contributed by atoms with van der Waals surface area (Å²) in [7, 11) is 1.45. The van der Waals surface area contributed by atoms with E-state index in [9.17, 15) is 27.2 Å². The third-order valence-corrected chi connectivity index (χ3v) is 4.98. The van der Waals surface area contributed by atoms with Crippen molar-refractivity contribution in [2.24, 2.45) is 0 Å². The van der Waals surface area contributed by atoms with Crippen molar-refractivity contribution in [1.29, 1.82) is 0 Å². The molecule has 174 valence electrons. The largest absolute Gasteiger partial charge is 0.456 e. The van der Waals surface area contributed by atoms with Gasteiger partial charge in [-0.15, -0.1) is 0 Å². The van der Waals surface area contributed by atoms with Gasteiger partial charge in [0.05, 0.1) is 11.2 Å². The minimum atomic E-state index is -5.14. The van der Waals surface area contributed by atoms with E-state index in [0.717, 1.165) is 6.07 Å². The molecule has 1 aromatic carbocycles. The van der Waals surface area contributed by atoms with Gasteiger partial charge in [0.15, 0.2) is 0 Å². The van der Waals surface area contributed by atoms with Gasteiger partial charge in [0, 0.05) is 12.6 Å². The Bertz CT molecular complexity index is 1040. The lowest BCUT2D eigenvalue weighted by atomic mass is 9.90. The van der Waals surface area contributed by atoms with Crippen molar-refractivity contribution < 1.29 is 31.9 Å². The number of halogens is 4. The summed E-state index contributed by atoms with van der Waals surface area (Å²) in [6.07, 6.45) is -5.83. The van der Waals surface area contributed by atoms with Crippen LogP contribution in [0, 0.1) is 12.7 Å². The molecule has 0 radical (unpaired) electrons. The van der Waals surface area contributed by atoms with Crippen molar-refractivity contribution in [2.75, 3.05) is 7.05 Å². The van der Waals surface area contributed by atoms with E-state index < -0.39 is 40.7 Å². The van der Waals surface area contributed by atoms with Crippen molar-refractivity contribution in [3.8, 4) is 11.3 Å². The van der Waals surface area contributed by atoms with Gasteiger partial charge in [-0.05, 0) is 83.0 Å². The van der Waals surface area contributed by atoms with Crippen LogP contribution in [0.1, 0.15) is 56.2 Å². The standard InChI is InChI=1S/C23H26F4N2O3/c1-13-10-14(8-9-16(13)24)17-11-15(12-18(28-17)19(30)23(25,26)27)22(5,6)29(7)20(31)32-21(2,3)4/h8-12H,1-7H3. The second kappa shape index (κ2) is 8.52. The number of pyridine rings is 1. The molecule has 1 aromatic heterocycles. The highest BCUT2D eigenvalue weighted by atomic mass is 19.4. The van der Waals surface area contributed by atoms with Gasteiger partial charge in [0.1, 0.15) is 17.1 Å². The van der Waals surface area contributed by atoms with Gasteiger partial charge in [-0.25, -0.2) is 14.2 Å². The van der Waals surface area contributed by atoms with E-state index in [4.69, 9.17) is 4.74 Å². The normalized spacial score (nSPS) is 12.5. The monoisotopic (exact) mass is 454 g/mol. The first-order valence-corrected chi connectivity index (χ1v) is 9.81. The van der Waals surface area contributed by atoms with E-state index in [-0.39, 0.29) is 16.8 Å². The Morgan fingerprint density at radius 3 is 2.09 bits per heavy atom. The van der Waals surface area contributed by atoms with Crippen molar-refractivity contribution in [3.05, 3.63) is 53.0 Å². The highest BCUT2D eigenvalue weighted by Gasteiger charge is 2.42. The summed E-state index contributed by atoms with van der Waals surface area (Å²) in [5.41, 5.74) is -1.91. The Morgan fingerprint density at radius 1 is 1.00 bits per heavy atom. The van der Waals surface area contributed by atoms with E-state index in [1.807, 2.05) is 0 Å². The van der Waals surface area contributed by atoms with Gasteiger partial charge in [-0.3, -0.25) is 4.79 Å². The number of aromatic nitrogens is 1. The third kappa shape index (κ3) is 5.63. The maximum absolute atomic E-state index is 13.7. The molecule has 1 heterocycles. The summed E-state index contributed by atoms with van der Waals surface area (Å²) in [4.78, 5) is 29.7. The number of benzene rings is 1. The van der Waals surface area contributed by atoms with Crippen LogP contribution in [0.5, 0.6) is 0 Å². The first-order valence-electron chi connectivity index (χ1n) is 9.81. The number of carbonyl (C=O) groups is 2. The number of aryl methyl sites for hydroxylation is 1. The molecule has 32 heavy (non-hydrogen) atoms. The fourth-order valence-electron chi connectivity index (χ4n) is 2.85. The summed E-state index contributed by atoms with van der Waals surface area (Å²) in [5.74, 6) is -2.60. The lowest BCUT2D eigenvalue weighted by Crippen LogP contribution is -2.45. The van der Waals surface area contributed by atoms with Crippen LogP contribution in [0.2, 0.25) is 0 Å². The Kier molecular flexibility index (Phi) is 6.73. The maximum Gasteiger partial charge on any atom is 0.456 e. The predicted octanol–water partition coefficient (Wildman–Crippen LogP) is 6.04. The van der Waals surface area contributed by atoms with Crippen LogP contribution in [0.25, 0.3) is 11.3 Å². The summed E-state index contributed by atoms with van der Waals surface area (Å²) in [6.45, 7) is 9.78. The van der Waals surface area contributed by atoms with Gasteiger partial charge in [0.25, 0.3) is 5.78 Å². The minimum absolute atomic E-state index is 0.0452. The SMILES string of the molecule is Cc1cc(-c2cc(C(C)(C)N(C)C(=O)OC(C)(C)C)cc(C(=O)C(F)(F)F)n2)ccc1F. The van der Waals surface area contributed by atoms with Crippen molar-refractivity contribution in [1.82, 2.24) is 9.88 Å². The van der Waals surface area contributed by atoms with Gasteiger partial charge in [0.2, 0.25) is 0 Å². The fourth-order valence-corrected chi connectivity index (χ4v) is 2.85. The lowest BCUT2D eigenvalue weighted by Gasteiger charge is -2.37. The quantitative estimate of drug-likeness (QED) is 0.417. The molecular weight excluding hydrogens is 428 g/mol. The number of hydrogen-bond acceptors (Lipinski definition) is 4. The van der Waals surface area contributed by atoms with Crippen LogP contribution in [0.4, 0.5) is 22.4 Å². The van der Waals surface area contributed by atoms with E-state index in [2.05, 4.69) is 4.98 Å². The van der Waals surface area contributed by atoms with Gasteiger partial charge in [-0.2, -0.15) is 13.2 Å². The molecule has 2 aromatic rings. The number of amides is 1. The molecular formula is C23H26F4N2O3. The smallest absolute Gasteiger partial charge is 0.444 e. The molecule has 9 heteroatoms. The van der Waals surface area contributed by atoms with Crippen LogP contribution in [-0.2, 0) is 10.3 Å². The molecule has 0 aliphatic heterocycles. The molecule has 0 atom stereocenters. The fraction of sp³-hybridized carbons (Fsp3) is 0.435. The average molecular weight is 454 g/mol. The molecule has 0 saturated carbocycles. The molecule has 0 aliphatic rings. The summed E-state index contributed by atoms with van der Waals surface area (Å²) < 4.78 is 58.6. The van der Waals surface area contributed by atoms with Crippen molar-refractivity contribution in [3.63, 3.8) is 0 Å². The van der Waals surface area contributed by atoms with E-state index >= 15 is 0 Å². The maximum atomic E-state index is 13.7. The molecule has 0 bridgehead atoms. The van der Waals surface area contributed by atoms with Gasteiger partial charge in [-0.1, -0.05) is 0 Å². The molecule has 0 N–H and O–H groups in total. The number of Topliss-reactive ketones (excluding diaryl/α,β-unsaturated/α-hetero) is 1. The molecule has 0 unspecified atom stereocenters. The summed E-state index contributed by atoms with van der Waals surface area (Å²) >= 11 is 0. The number of nitrogens with zero attached hydrogens (tertiary/aromatic N) is 2. The van der Waals surface area contributed by atoms with Crippen LogP contribution in [-0.4, -0.2) is 40.6 Å². The molecule has 0 saturated heterocycles. The number of hydrogen-bond donors (Lipinski definition) is 0. The zero-order valence-electron chi connectivity index (χ0n) is 19.0. The van der Waals surface area contributed by atoms with Crippen molar-refractivity contribution >= 4 is 11.9 Å². The number of ether oxygens (including phenoxy) is 1. The first-order chi connectivity index (χ1) is 14.4. The Morgan fingerprint density at radius 2 is 1.59 bits per heavy atom. The number of carbonyl (C=O) groups excluding carboxylic acids is 2. The second-order valence-electron chi connectivity index (χ2n) is 9.02. The van der Waals surface area contributed by atoms with Gasteiger partial charge < -0.3 is 9.64 Å². The Labute approximate surface area is 184 Å². The van der Waals surface area contributed by atoms with Crippen molar-refractivity contribution in [2.45, 2.75) is 58.9 Å². The Balaban J connectivity index is 2.66. The van der Waals surface area contributed by atoms with Gasteiger partial charge >= 0.3 is 12.3 Å². The third-order valence-electron chi connectivity index (χ3n) is 4.98. The first kappa shape index (κ1) is 25.3. The summed E-state index contributed by atoms with van der Waals surface area (Å²) in [6, 6.07) is 6.44. The highest BCUT2D eigenvalue weighted by molar-refractivity contribution is 5.99. The van der Waals surface area contributed by atoms with E-state index in [0.29, 0.717) is 5.56 Å². The highest BCUT2D eigenvalue weighted by Crippen LogP contribution is 2.33. The lowest BCUT2D eigenvalue weighted by molar-refractivity contribution is -0.0888. The average Bonchev–Trinajstić information content (AvgIpc) is 2.66.